The smallest absolute Gasteiger partial charge is 0.257 e. The summed E-state index contributed by atoms with van der Waals surface area (Å²) in [6, 6.07) is 5.23. The van der Waals surface area contributed by atoms with Crippen LogP contribution in [-0.4, -0.2) is 19.6 Å². The first-order valence-corrected chi connectivity index (χ1v) is 6.43. The van der Waals surface area contributed by atoms with E-state index in [1.54, 1.807) is 25.3 Å². The van der Waals surface area contributed by atoms with Gasteiger partial charge in [-0.3, -0.25) is 4.79 Å². The first kappa shape index (κ1) is 12.7. The van der Waals surface area contributed by atoms with Crippen molar-refractivity contribution < 1.29 is 9.53 Å². The van der Waals surface area contributed by atoms with Crippen molar-refractivity contribution in [1.82, 2.24) is 5.32 Å². The molecule has 1 aliphatic rings. The van der Waals surface area contributed by atoms with Gasteiger partial charge in [-0.25, -0.2) is 0 Å². The molecule has 0 saturated heterocycles. The molecule has 0 bridgehead atoms. The number of benzene rings is 1. The van der Waals surface area contributed by atoms with Gasteiger partial charge in [-0.2, -0.15) is 0 Å². The van der Waals surface area contributed by atoms with Gasteiger partial charge in [0.25, 0.3) is 5.91 Å². The lowest BCUT2D eigenvalue weighted by Gasteiger charge is -2.11. The highest BCUT2D eigenvalue weighted by Crippen LogP contribution is 2.33. The summed E-state index contributed by atoms with van der Waals surface area (Å²) in [4.78, 5) is 12.0. The second-order valence-corrected chi connectivity index (χ2v) is 4.77. The van der Waals surface area contributed by atoms with Crippen molar-refractivity contribution in [3.8, 4) is 5.75 Å². The van der Waals surface area contributed by atoms with Crippen molar-refractivity contribution in [1.29, 1.82) is 0 Å². The fourth-order valence-electron chi connectivity index (χ4n) is 2.05. The lowest BCUT2D eigenvalue weighted by molar-refractivity contribution is 0.0950. The fourth-order valence-corrected chi connectivity index (χ4v) is 2.05. The van der Waals surface area contributed by atoms with Crippen LogP contribution in [0.4, 0.5) is 5.69 Å². The van der Waals surface area contributed by atoms with E-state index in [-0.39, 0.29) is 5.91 Å². The zero-order valence-electron chi connectivity index (χ0n) is 10.7. The normalized spacial score (nSPS) is 14.3. The molecule has 0 unspecified atom stereocenters. The van der Waals surface area contributed by atoms with E-state index in [0.29, 0.717) is 23.5 Å². The molecule has 1 aromatic carbocycles. The van der Waals surface area contributed by atoms with E-state index in [9.17, 15) is 4.79 Å². The molecule has 4 nitrogen and oxygen atoms in total. The van der Waals surface area contributed by atoms with Gasteiger partial charge in [0.2, 0.25) is 0 Å². The van der Waals surface area contributed by atoms with Crippen LogP contribution in [-0.2, 0) is 0 Å². The Labute approximate surface area is 108 Å². The summed E-state index contributed by atoms with van der Waals surface area (Å²) in [5, 5.41) is 2.90. The Morgan fingerprint density at radius 2 is 2.28 bits per heavy atom. The number of anilines is 1. The number of hydrogen-bond donors (Lipinski definition) is 2. The van der Waals surface area contributed by atoms with Gasteiger partial charge in [0.15, 0.2) is 0 Å². The molecule has 3 N–H and O–H groups in total. The molecule has 0 aliphatic heterocycles. The third kappa shape index (κ3) is 3.15. The molecule has 2 rings (SSSR count). The standard InChI is InChI=1S/C14H20N2O2/c1-18-12-6-2-5-11(15)13(12)14(17)16-9-3-4-10-7-8-10/h2,5-6,10H,3-4,7-9,15H2,1H3,(H,16,17). The van der Waals surface area contributed by atoms with Gasteiger partial charge in [-0.05, 0) is 30.9 Å². The van der Waals surface area contributed by atoms with E-state index in [1.807, 2.05) is 0 Å². The van der Waals surface area contributed by atoms with Crippen LogP contribution in [0.5, 0.6) is 5.75 Å². The predicted octanol–water partition coefficient (Wildman–Crippen LogP) is 2.20. The Morgan fingerprint density at radius 3 is 2.94 bits per heavy atom. The minimum atomic E-state index is -0.152. The highest BCUT2D eigenvalue weighted by molar-refractivity contribution is 6.01. The molecule has 1 amide bonds. The SMILES string of the molecule is COc1cccc(N)c1C(=O)NCCCC1CC1. The van der Waals surface area contributed by atoms with Crippen molar-refractivity contribution in [2.24, 2.45) is 5.92 Å². The number of methoxy groups -OCH3 is 1. The molecule has 0 atom stereocenters. The Morgan fingerprint density at radius 1 is 1.50 bits per heavy atom. The number of rotatable bonds is 6. The molecular weight excluding hydrogens is 228 g/mol. The summed E-state index contributed by atoms with van der Waals surface area (Å²) in [6.45, 7) is 0.701. The average molecular weight is 248 g/mol. The van der Waals surface area contributed by atoms with E-state index in [4.69, 9.17) is 10.5 Å². The van der Waals surface area contributed by atoms with E-state index in [0.717, 1.165) is 12.3 Å². The van der Waals surface area contributed by atoms with Crippen LogP contribution in [0, 0.1) is 5.92 Å². The zero-order chi connectivity index (χ0) is 13.0. The Hall–Kier alpha value is -1.71. The number of nitrogens with one attached hydrogen (secondary N) is 1. The molecule has 98 valence electrons. The average Bonchev–Trinajstić information content (AvgIpc) is 3.18. The van der Waals surface area contributed by atoms with Crippen LogP contribution in [0.2, 0.25) is 0 Å². The van der Waals surface area contributed by atoms with E-state index < -0.39 is 0 Å². The first-order chi connectivity index (χ1) is 8.72. The van der Waals surface area contributed by atoms with Gasteiger partial charge >= 0.3 is 0 Å². The zero-order valence-corrected chi connectivity index (χ0v) is 10.7. The summed E-state index contributed by atoms with van der Waals surface area (Å²) in [6.07, 6.45) is 4.95. The van der Waals surface area contributed by atoms with Crippen LogP contribution in [0.25, 0.3) is 0 Å². The van der Waals surface area contributed by atoms with E-state index >= 15 is 0 Å². The van der Waals surface area contributed by atoms with Gasteiger partial charge in [0.05, 0.1) is 7.11 Å². The quantitative estimate of drug-likeness (QED) is 0.599. The Kier molecular flexibility index (Phi) is 4.07. The fraction of sp³-hybridized carbons (Fsp3) is 0.500. The predicted molar refractivity (Wildman–Crippen MR) is 71.7 cm³/mol. The Bertz CT molecular complexity index is 428. The summed E-state index contributed by atoms with van der Waals surface area (Å²) < 4.78 is 5.16. The van der Waals surface area contributed by atoms with Crippen LogP contribution in [0.15, 0.2) is 18.2 Å². The van der Waals surface area contributed by atoms with Crippen LogP contribution >= 0.6 is 0 Å². The minimum Gasteiger partial charge on any atom is -0.496 e. The first-order valence-electron chi connectivity index (χ1n) is 6.43. The number of ether oxygens (including phenoxy) is 1. The van der Waals surface area contributed by atoms with Gasteiger partial charge in [0, 0.05) is 12.2 Å². The monoisotopic (exact) mass is 248 g/mol. The number of carbonyl (C=O) groups is 1. The number of amides is 1. The van der Waals surface area contributed by atoms with Crippen molar-refractivity contribution in [3.05, 3.63) is 23.8 Å². The van der Waals surface area contributed by atoms with Crippen molar-refractivity contribution >= 4 is 11.6 Å². The van der Waals surface area contributed by atoms with Crippen LogP contribution in [0.1, 0.15) is 36.0 Å². The number of nitrogens with two attached hydrogens (primary N) is 1. The third-order valence-corrected chi connectivity index (χ3v) is 3.28. The van der Waals surface area contributed by atoms with Gasteiger partial charge in [0.1, 0.15) is 11.3 Å². The molecule has 1 fully saturated rings. The molecule has 1 saturated carbocycles. The van der Waals surface area contributed by atoms with E-state index in [1.165, 1.54) is 19.3 Å². The molecular formula is C14H20N2O2. The largest absolute Gasteiger partial charge is 0.496 e. The lowest BCUT2D eigenvalue weighted by Crippen LogP contribution is -2.26. The molecule has 1 aliphatic carbocycles. The second kappa shape index (κ2) is 5.76. The number of nitrogen functional groups attached to an aromatic ring is 1. The molecule has 0 heterocycles. The summed E-state index contributed by atoms with van der Waals surface area (Å²) >= 11 is 0. The summed E-state index contributed by atoms with van der Waals surface area (Å²) in [5.74, 6) is 1.27. The molecule has 0 radical (unpaired) electrons. The number of hydrogen-bond acceptors (Lipinski definition) is 3. The maximum Gasteiger partial charge on any atom is 0.257 e. The van der Waals surface area contributed by atoms with Crippen molar-refractivity contribution in [2.45, 2.75) is 25.7 Å². The maximum atomic E-state index is 12.0. The van der Waals surface area contributed by atoms with Crippen LogP contribution < -0.4 is 15.8 Å². The molecule has 18 heavy (non-hydrogen) atoms. The molecule has 0 aromatic heterocycles. The second-order valence-electron chi connectivity index (χ2n) is 4.77. The summed E-state index contributed by atoms with van der Waals surface area (Å²) in [5.41, 5.74) is 6.71. The summed E-state index contributed by atoms with van der Waals surface area (Å²) in [7, 11) is 1.54. The molecule has 4 heteroatoms. The highest BCUT2D eigenvalue weighted by atomic mass is 16.5. The van der Waals surface area contributed by atoms with Gasteiger partial charge in [-0.15, -0.1) is 0 Å². The van der Waals surface area contributed by atoms with Crippen LogP contribution in [0.3, 0.4) is 0 Å². The van der Waals surface area contributed by atoms with Gasteiger partial charge < -0.3 is 15.8 Å². The molecule has 0 spiro atoms. The van der Waals surface area contributed by atoms with E-state index in [2.05, 4.69) is 5.32 Å². The van der Waals surface area contributed by atoms with Crippen molar-refractivity contribution in [3.63, 3.8) is 0 Å². The van der Waals surface area contributed by atoms with Crippen molar-refractivity contribution in [2.75, 3.05) is 19.4 Å². The number of carbonyl (C=O) groups excluding carboxylic acids is 1. The topological polar surface area (TPSA) is 64.3 Å². The lowest BCUT2D eigenvalue weighted by atomic mass is 10.1. The molecule has 1 aromatic rings. The maximum absolute atomic E-state index is 12.0. The third-order valence-electron chi connectivity index (χ3n) is 3.28. The Balaban J connectivity index is 1.90. The van der Waals surface area contributed by atoms with Gasteiger partial charge in [-0.1, -0.05) is 18.9 Å². The minimum absolute atomic E-state index is 0.152. The highest BCUT2D eigenvalue weighted by Gasteiger charge is 2.20.